The van der Waals surface area contributed by atoms with Crippen LogP contribution in [0.1, 0.15) is 34.6 Å². The molecule has 2 N–H and O–H groups in total. The molecule has 0 radical (unpaired) electrons. The van der Waals surface area contributed by atoms with Gasteiger partial charge in [0.2, 0.25) is 0 Å². The zero-order valence-electron chi connectivity index (χ0n) is 15.3. The van der Waals surface area contributed by atoms with Gasteiger partial charge in [-0.05, 0) is 43.6 Å². The van der Waals surface area contributed by atoms with E-state index in [1.165, 1.54) is 0 Å². The van der Waals surface area contributed by atoms with E-state index >= 15 is 0 Å². The molecular formula is C20H37NO3S. The Hall–Kier alpha value is -1.01. The lowest BCUT2D eigenvalue weighted by molar-refractivity contribution is 0.0324. The van der Waals surface area contributed by atoms with E-state index in [1.807, 2.05) is 45.1 Å². The van der Waals surface area contributed by atoms with E-state index in [0.717, 1.165) is 29.1 Å². The van der Waals surface area contributed by atoms with Crippen molar-refractivity contribution in [1.29, 1.82) is 0 Å². The Morgan fingerprint density at radius 1 is 1.16 bits per heavy atom. The highest BCUT2D eigenvalue weighted by atomic mass is 32.1. The Labute approximate surface area is 160 Å². The third-order valence-electron chi connectivity index (χ3n) is 3.31. The van der Waals surface area contributed by atoms with Gasteiger partial charge in [-0.3, -0.25) is 0 Å². The second kappa shape index (κ2) is 17.8. The van der Waals surface area contributed by atoms with Gasteiger partial charge in [-0.2, -0.15) is 12.6 Å². The van der Waals surface area contributed by atoms with Gasteiger partial charge in [0.05, 0.1) is 26.4 Å². The molecule has 0 spiro atoms. The van der Waals surface area contributed by atoms with Crippen LogP contribution in [0.4, 0.5) is 0 Å². The van der Waals surface area contributed by atoms with E-state index in [1.54, 1.807) is 0 Å². The Balaban J connectivity index is 0. The summed E-state index contributed by atoms with van der Waals surface area (Å²) >= 11 is 4.07. The molecule has 0 heterocycles. The van der Waals surface area contributed by atoms with Crippen molar-refractivity contribution in [2.75, 3.05) is 38.8 Å². The molecule has 0 fully saturated rings. The highest BCUT2D eigenvalue weighted by molar-refractivity contribution is 7.80. The normalized spacial score (nSPS) is 13.6. The SMILES string of the molecule is C.C=C(/C(C)=C/C(=C\C=C\C)OCCOCCOCCS)C(N)CC. The fraction of sp³-hybridized carbons (Fsp3) is 0.600. The molecule has 0 aromatic heterocycles. The fourth-order valence-electron chi connectivity index (χ4n) is 1.78. The van der Waals surface area contributed by atoms with Crippen LogP contribution in [0.3, 0.4) is 0 Å². The third-order valence-corrected chi connectivity index (χ3v) is 3.49. The number of hydrogen-bond acceptors (Lipinski definition) is 5. The smallest absolute Gasteiger partial charge is 0.119 e. The van der Waals surface area contributed by atoms with Crippen molar-refractivity contribution in [2.45, 2.75) is 40.7 Å². The Morgan fingerprint density at radius 3 is 2.32 bits per heavy atom. The molecule has 0 bridgehead atoms. The molecule has 1 unspecified atom stereocenters. The standard InChI is InChI=1S/C19H33NO3S.CH4/c1-5-7-8-18(15-16(3)17(4)19(20)6-2)23-12-11-21-9-10-22-13-14-24;/h5,7-8,15,19,24H,4,6,9-14,20H2,1-3H3;1H4/b7-5+,16-15+,18-8+;. The molecule has 0 saturated carbocycles. The van der Waals surface area contributed by atoms with Gasteiger partial charge >= 0.3 is 0 Å². The molecule has 4 nitrogen and oxygen atoms in total. The third kappa shape index (κ3) is 13.9. The summed E-state index contributed by atoms with van der Waals surface area (Å²) in [5.41, 5.74) is 8.00. The topological polar surface area (TPSA) is 53.7 Å². The summed E-state index contributed by atoms with van der Waals surface area (Å²) in [4.78, 5) is 0. The van der Waals surface area contributed by atoms with Crippen molar-refractivity contribution in [2.24, 2.45) is 5.73 Å². The van der Waals surface area contributed by atoms with Crippen LogP contribution in [0, 0.1) is 0 Å². The number of hydrogen-bond donors (Lipinski definition) is 2. The molecule has 0 aromatic rings. The molecule has 0 saturated heterocycles. The number of ether oxygens (including phenoxy) is 3. The molecule has 0 rings (SSSR count). The van der Waals surface area contributed by atoms with Crippen molar-refractivity contribution in [1.82, 2.24) is 0 Å². The first-order chi connectivity index (χ1) is 11.6. The van der Waals surface area contributed by atoms with Crippen molar-refractivity contribution >= 4 is 12.6 Å². The van der Waals surface area contributed by atoms with Crippen LogP contribution in [0.25, 0.3) is 0 Å². The molecular weight excluding hydrogens is 334 g/mol. The van der Waals surface area contributed by atoms with E-state index in [4.69, 9.17) is 19.9 Å². The minimum atomic E-state index is -0.0233. The van der Waals surface area contributed by atoms with E-state index in [-0.39, 0.29) is 13.5 Å². The molecule has 0 aliphatic rings. The average molecular weight is 372 g/mol. The summed E-state index contributed by atoms with van der Waals surface area (Å²) in [7, 11) is 0. The molecule has 0 aliphatic carbocycles. The maximum absolute atomic E-state index is 6.03. The largest absolute Gasteiger partial charge is 0.491 e. The Bertz CT molecular complexity index is 431. The van der Waals surface area contributed by atoms with Crippen molar-refractivity contribution in [3.63, 3.8) is 0 Å². The van der Waals surface area contributed by atoms with Crippen LogP contribution < -0.4 is 5.73 Å². The van der Waals surface area contributed by atoms with Gasteiger partial charge in [-0.25, -0.2) is 0 Å². The Kier molecular flexibility index (Phi) is 18.7. The molecule has 146 valence electrons. The van der Waals surface area contributed by atoms with E-state index in [2.05, 4.69) is 19.2 Å². The molecule has 0 amide bonds. The lowest BCUT2D eigenvalue weighted by Crippen LogP contribution is -2.21. The maximum Gasteiger partial charge on any atom is 0.119 e. The van der Waals surface area contributed by atoms with E-state index in [9.17, 15) is 0 Å². The van der Waals surface area contributed by atoms with Crippen LogP contribution in [0.2, 0.25) is 0 Å². The first-order valence-corrected chi connectivity index (χ1v) is 9.05. The predicted octanol–water partition coefficient (Wildman–Crippen LogP) is 4.30. The van der Waals surface area contributed by atoms with Gasteiger partial charge in [-0.15, -0.1) is 0 Å². The van der Waals surface area contributed by atoms with Crippen LogP contribution in [-0.4, -0.2) is 44.8 Å². The van der Waals surface area contributed by atoms with Crippen molar-refractivity contribution in [3.8, 4) is 0 Å². The monoisotopic (exact) mass is 371 g/mol. The molecule has 0 aromatic carbocycles. The van der Waals surface area contributed by atoms with Gasteiger partial charge in [-0.1, -0.05) is 33.1 Å². The maximum atomic E-state index is 6.03. The summed E-state index contributed by atoms with van der Waals surface area (Å²) < 4.78 is 16.5. The minimum absolute atomic E-state index is 0. The lowest BCUT2D eigenvalue weighted by Gasteiger charge is -2.14. The highest BCUT2D eigenvalue weighted by Crippen LogP contribution is 2.15. The van der Waals surface area contributed by atoms with Crippen LogP contribution in [0.5, 0.6) is 0 Å². The number of allylic oxidation sites excluding steroid dienone is 4. The second-order valence-corrected chi connectivity index (χ2v) is 5.71. The van der Waals surface area contributed by atoms with Gasteiger partial charge in [0, 0.05) is 11.8 Å². The van der Waals surface area contributed by atoms with Crippen molar-refractivity contribution in [3.05, 3.63) is 47.8 Å². The Morgan fingerprint density at radius 2 is 1.76 bits per heavy atom. The number of rotatable bonds is 14. The van der Waals surface area contributed by atoms with Gasteiger partial charge in [0.25, 0.3) is 0 Å². The first kappa shape index (κ1) is 26.2. The quantitative estimate of drug-likeness (QED) is 0.207. The molecule has 0 aliphatic heterocycles. The molecule has 25 heavy (non-hydrogen) atoms. The first-order valence-electron chi connectivity index (χ1n) is 8.41. The van der Waals surface area contributed by atoms with Crippen molar-refractivity contribution < 1.29 is 14.2 Å². The molecule has 1 atom stereocenters. The zero-order chi connectivity index (χ0) is 18.2. The summed E-state index contributed by atoms with van der Waals surface area (Å²) in [5.74, 6) is 1.49. The fourth-order valence-corrected chi connectivity index (χ4v) is 1.91. The highest BCUT2D eigenvalue weighted by Gasteiger charge is 2.07. The zero-order valence-corrected chi connectivity index (χ0v) is 16.2. The predicted molar refractivity (Wildman–Crippen MR) is 112 cm³/mol. The number of nitrogens with two attached hydrogens (primary N) is 1. The minimum Gasteiger partial charge on any atom is -0.491 e. The van der Waals surface area contributed by atoms with E-state index < -0.39 is 0 Å². The summed E-state index contributed by atoms with van der Waals surface area (Å²) in [6, 6.07) is -0.0233. The van der Waals surface area contributed by atoms with Gasteiger partial charge in [0.15, 0.2) is 0 Å². The summed E-state index contributed by atoms with van der Waals surface area (Å²) in [5, 5.41) is 0. The van der Waals surface area contributed by atoms with Gasteiger partial charge < -0.3 is 19.9 Å². The summed E-state index contributed by atoms with van der Waals surface area (Å²) in [6.45, 7) is 12.9. The van der Waals surface area contributed by atoms with Gasteiger partial charge in [0.1, 0.15) is 12.4 Å². The van der Waals surface area contributed by atoms with E-state index in [0.29, 0.717) is 33.0 Å². The lowest BCUT2D eigenvalue weighted by atomic mass is 9.99. The van der Waals surface area contributed by atoms with Crippen LogP contribution >= 0.6 is 12.6 Å². The molecule has 5 heteroatoms. The second-order valence-electron chi connectivity index (χ2n) is 5.26. The summed E-state index contributed by atoms with van der Waals surface area (Å²) in [6.07, 6.45) is 8.64. The van der Waals surface area contributed by atoms with Crippen LogP contribution in [0.15, 0.2) is 47.8 Å². The average Bonchev–Trinajstić information content (AvgIpc) is 2.59. The number of thiol groups is 1. The van der Waals surface area contributed by atoms with Crippen LogP contribution in [-0.2, 0) is 14.2 Å².